The average molecular weight is 185 g/mol. The first-order valence-electron chi connectivity index (χ1n) is 4.52. The van der Waals surface area contributed by atoms with Crippen molar-refractivity contribution in [1.82, 2.24) is 4.90 Å². The molecule has 0 radical (unpaired) electrons. The molecule has 0 saturated carbocycles. The highest BCUT2D eigenvalue weighted by Crippen LogP contribution is 2.33. The minimum Gasteiger partial charge on any atom is -0.476 e. The molecule has 0 aromatic carbocycles. The molecule has 0 aromatic rings. The molecular weight excluding hydrogens is 173 g/mol. The van der Waals surface area contributed by atoms with Crippen LogP contribution in [0.1, 0.15) is 12.8 Å². The van der Waals surface area contributed by atoms with Gasteiger partial charge in [0.05, 0.1) is 0 Å². The fourth-order valence-electron chi connectivity index (χ4n) is 2.20. The van der Waals surface area contributed by atoms with E-state index in [4.69, 9.17) is 5.11 Å². The Balaban J connectivity index is 2.25. The first-order valence-corrected chi connectivity index (χ1v) is 4.52. The molecule has 0 unspecified atom stereocenters. The number of aliphatic carboxylic acids is 1. The van der Waals surface area contributed by atoms with Gasteiger partial charge in [-0.1, -0.05) is 0 Å². The van der Waals surface area contributed by atoms with Gasteiger partial charge in [0.2, 0.25) is 5.83 Å². The van der Waals surface area contributed by atoms with Gasteiger partial charge in [0.1, 0.15) is 0 Å². The van der Waals surface area contributed by atoms with Gasteiger partial charge in [-0.3, -0.25) is 4.90 Å². The largest absolute Gasteiger partial charge is 0.476 e. The average Bonchev–Trinajstić information content (AvgIpc) is 2.18. The Hall–Kier alpha value is -0.900. The number of carboxylic acids is 1. The summed E-state index contributed by atoms with van der Waals surface area (Å²) in [5.41, 5.74) is 0.505. The monoisotopic (exact) mass is 185 g/mol. The van der Waals surface area contributed by atoms with Gasteiger partial charge in [0.15, 0.2) is 0 Å². The summed E-state index contributed by atoms with van der Waals surface area (Å²) in [6.07, 6.45) is 1.83. The molecule has 72 valence electrons. The smallest absolute Gasteiger partial charge is 0.364 e. The number of hydrogen-bond acceptors (Lipinski definition) is 2. The molecule has 3 heterocycles. The van der Waals surface area contributed by atoms with Gasteiger partial charge < -0.3 is 5.11 Å². The molecule has 3 nitrogen and oxygen atoms in total. The highest BCUT2D eigenvalue weighted by atomic mass is 19.1. The first kappa shape index (κ1) is 8.69. The van der Waals surface area contributed by atoms with Crippen molar-refractivity contribution in [2.45, 2.75) is 12.8 Å². The van der Waals surface area contributed by atoms with Crippen molar-refractivity contribution in [3.05, 3.63) is 11.4 Å². The van der Waals surface area contributed by atoms with E-state index in [0.29, 0.717) is 12.1 Å². The van der Waals surface area contributed by atoms with Crippen molar-refractivity contribution >= 4 is 5.97 Å². The second kappa shape index (κ2) is 3.10. The predicted octanol–water partition coefficient (Wildman–Crippen LogP) is 1.02. The number of hydrogen-bond donors (Lipinski definition) is 1. The van der Waals surface area contributed by atoms with E-state index in [1.165, 1.54) is 0 Å². The van der Waals surface area contributed by atoms with Crippen molar-refractivity contribution in [3.63, 3.8) is 0 Å². The fourth-order valence-corrected chi connectivity index (χ4v) is 2.20. The van der Waals surface area contributed by atoms with Crippen LogP contribution in [0.3, 0.4) is 0 Å². The topological polar surface area (TPSA) is 40.5 Å². The maximum atomic E-state index is 13.1. The van der Waals surface area contributed by atoms with Gasteiger partial charge in [-0.15, -0.1) is 0 Å². The quantitative estimate of drug-likeness (QED) is 0.620. The lowest BCUT2D eigenvalue weighted by Gasteiger charge is -2.40. The molecular formula is C9H12FNO2. The Labute approximate surface area is 75.8 Å². The number of nitrogens with zero attached hydrogens (tertiary/aromatic N) is 1. The minimum absolute atomic E-state index is 0.182. The lowest BCUT2D eigenvalue weighted by molar-refractivity contribution is -0.134. The highest BCUT2D eigenvalue weighted by Gasteiger charge is 2.33. The normalized spacial score (nSPS) is 36.1. The molecule has 13 heavy (non-hydrogen) atoms. The standard InChI is InChI=1S/C9H12FNO2/c10-8(9(12)13)7-5-11-3-1-6(7)2-4-11/h6H,1-5H2,(H,12,13). The van der Waals surface area contributed by atoms with Gasteiger partial charge in [-0.2, -0.15) is 4.39 Å². The lowest BCUT2D eigenvalue weighted by atomic mass is 9.83. The SMILES string of the molecule is O=C(O)C(F)=C1CN2CCC1CC2. The van der Waals surface area contributed by atoms with Crippen LogP contribution in [-0.4, -0.2) is 35.6 Å². The third-order valence-electron chi connectivity index (χ3n) is 2.94. The zero-order valence-electron chi connectivity index (χ0n) is 7.29. The van der Waals surface area contributed by atoms with Gasteiger partial charge in [0, 0.05) is 6.54 Å². The van der Waals surface area contributed by atoms with E-state index in [9.17, 15) is 9.18 Å². The molecule has 3 fully saturated rings. The summed E-state index contributed by atoms with van der Waals surface area (Å²) in [6, 6.07) is 0. The third-order valence-corrected chi connectivity index (χ3v) is 2.94. The van der Waals surface area contributed by atoms with Gasteiger partial charge >= 0.3 is 5.97 Å². The van der Waals surface area contributed by atoms with E-state index in [1.54, 1.807) is 0 Å². The van der Waals surface area contributed by atoms with E-state index in [0.717, 1.165) is 25.9 Å². The molecule has 3 rings (SSSR count). The first-order chi connectivity index (χ1) is 6.18. The summed E-state index contributed by atoms with van der Waals surface area (Å²) in [5, 5.41) is 8.51. The summed E-state index contributed by atoms with van der Waals surface area (Å²) in [7, 11) is 0. The Morgan fingerprint density at radius 3 is 2.46 bits per heavy atom. The molecule has 3 aliphatic heterocycles. The van der Waals surface area contributed by atoms with E-state index >= 15 is 0 Å². The molecule has 1 N–H and O–H groups in total. The Bertz CT molecular complexity index is 267. The molecule has 2 bridgehead atoms. The predicted molar refractivity (Wildman–Crippen MR) is 44.9 cm³/mol. The fraction of sp³-hybridized carbons (Fsp3) is 0.667. The van der Waals surface area contributed by atoms with Crippen LogP contribution in [0.2, 0.25) is 0 Å². The number of halogens is 1. The minimum atomic E-state index is -1.41. The molecule has 0 spiro atoms. The molecule has 3 saturated heterocycles. The second-order valence-electron chi connectivity index (χ2n) is 3.69. The van der Waals surface area contributed by atoms with Gasteiger partial charge in [-0.05, 0) is 37.4 Å². The van der Waals surface area contributed by atoms with Crippen molar-refractivity contribution in [2.24, 2.45) is 5.92 Å². The number of carbonyl (C=O) groups is 1. The number of rotatable bonds is 1. The summed E-state index contributed by atoms with van der Waals surface area (Å²) < 4.78 is 13.1. The molecule has 0 aliphatic carbocycles. The number of fused-ring (bicyclic) bond motifs is 3. The highest BCUT2D eigenvalue weighted by molar-refractivity contribution is 5.85. The van der Waals surface area contributed by atoms with Gasteiger partial charge in [0.25, 0.3) is 0 Å². The van der Waals surface area contributed by atoms with Crippen LogP contribution in [0.4, 0.5) is 4.39 Å². The summed E-state index contributed by atoms with van der Waals surface area (Å²) in [6.45, 7) is 2.49. The van der Waals surface area contributed by atoms with Crippen LogP contribution in [0, 0.1) is 5.92 Å². The second-order valence-corrected chi connectivity index (χ2v) is 3.69. The maximum absolute atomic E-state index is 13.1. The maximum Gasteiger partial charge on any atom is 0.364 e. The van der Waals surface area contributed by atoms with Gasteiger partial charge in [-0.25, -0.2) is 4.79 Å². The van der Waals surface area contributed by atoms with E-state index in [2.05, 4.69) is 4.90 Å². The van der Waals surface area contributed by atoms with Crippen LogP contribution in [0.5, 0.6) is 0 Å². The van der Waals surface area contributed by atoms with Crippen LogP contribution >= 0.6 is 0 Å². The third kappa shape index (κ3) is 1.46. The van der Waals surface area contributed by atoms with E-state index in [-0.39, 0.29) is 5.92 Å². The number of piperidine rings is 3. The molecule has 0 atom stereocenters. The zero-order valence-corrected chi connectivity index (χ0v) is 7.29. The zero-order chi connectivity index (χ0) is 9.42. The van der Waals surface area contributed by atoms with Crippen LogP contribution in [-0.2, 0) is 4.79 Å². The Kier molecular flexibility index (Phi) is 2.07. The summed E-state index contributed by atoms with van der Waals surface area (Å²) in [4.78, 5) is 12.5. The summed E-state index contributed by atoms with van der Waals surface area (Å²) >= 11 is 0. The summed E-state index contributed by atoms with van der Waals surface area (Å²) in [5.74, 6) is -2.15. The van der Waals surface area contributed by atoms with Crippen LogP contribution in [0.15, 0.2) is 11.4 Å². The van der Waals surface area contributed by atoms with Crippen molar-refractivity contribution in [1.29, 1.82) is 0 Å². The molecule has 4 heteroatoms. The molecule has 0 aromatic heterocycles. The Morgan fingerprint density at radius 2 is 2.08 bits per heavy atom. The number of carboxylic acid groups (broad SMARTS) is 1. The van der Waals surface area contributed by atoms with E-state index < -0.39 is 11.8 Å². The van der Waals surface area contributed by atoms with Crippen molar-refractivity contribution < 1.29 is 14.3 Å². The van der Waals surface area contributed by atoms with Crippen molar-refractivity contribution in [2.75, 3.05) is 19.6 Å². The van der Waals surface area contributed by atoms with Crippen LogP contribution in [0.25, 0.3) is 0 Å². The molecule has 3 aliphatic rings. The Morgan fingerprint density at radius 1 is 1.46 bits per heavy atom. The van der Waals surface area contributed by atoms with Crippen LogP contribution < -0.4 is 0 Å². The molecule has 0 amide bonds. The van der Waals surface area contributed by atoms with Crippen molar-refractivity contribution in [3.8, 4) is 0 Å². The lowest BCUT2D eigenvalue weighted by Crippen LogP contribution is -2.43. The van der Waals surface area contributed by atoms with E-state index in [1.807, 2.05) is 0 Å².